The normalized spacial score (nSPS) is 15.3. The minimum Gasteiger partial charge on any atom is -0.391 e. The van der Waals surface area contributed by atoms with Crippen molar-refractivity contribution in [1.82, 2.24) is 4.98 Å². The lowest BCUT2D eigenvalue weighted by Crippen LogP contribution is -2.25. The highest BCUT2D eigenvalue weighted by Crippen LogP contribution is 2.32. The van der Waals surface area contributed by atoms with E-state index in [9.17, 15) is 5.11 Å². The van der Waals surface area contributed by atoms with Crippen molar-refractivity contribution in [2.45, 2.75) is 29.6 Å². The van der Waals surface area contributed by atoms with Crippen molar-refractivity contribution in [1.29, 1.82) is 0 Å². The molecule has 84 valence electrons. The lowest BCUT2D eigenvalue weighted by atomic mass is 10.1. The molecule has 4 heteroatoms. The van der Waals surface area contributed by atoms with E-state index >= 15 is 0 Å². The first-order valence-electron chi connectivity index (χ1n) is 4.93. The summed E-state index contributed by atoms with van der Waals surface area (Å²) in [6.07, 6.45) is 3.50. The van der Waals surface area contributed by atoms with Crippen molar-refractivity contribution in [3.63, 3.8) is 0 Å². The van der Waals surface area contributed by atoms with Gasteiger partial charge in [0.1, 0.15) is 0 Å². The number of aliphatic hydroxyl groups is 1. The summed E-state index contributed by atoms with van der Waals surface area (Å²) in [5.41, 5.74) is 0. The van der Waals surface area contributed by atoms with Crippen LogP contribution in [0.15, 0.2) is 29.4 Å². The maximum absolute atomic E-state index is 9.98. The van der Waals surface area contributed by atoms with Crippen LogP contribution in [0.25, 0.3) is 0 Å². The maximum Gasteiger partial charge on any atom is 0.0971 e. The summed E-state index contributed by atoms with van der Waals surface area (Å²) >= 11 is 3.30. The monoisotopic (exact) mass is 243 g/mol. The quantitative estimate of drug-likeness (QED) is 0.637. The van der Waals surface area contributed by atoms with Gasteiger partial charge < -0.3 is 5.11 Å². The van der Waals surface area contributed by atoms with Crippen molar-refractivity contribution in [3.8, 4) is 0 Å². The predicted octanol–water partition coefficient (Wildman–Crippen LogP) is 2.88. The molecule has 0 spiro atoms. The largest absolute Gasteiger partial charge is 0.391 e. The second kappa shape index (κ2) is 6.40. The third-order valence-electron chi connectivity index (χ3n) is 2.07. The standard InChI is InChI=1S/C11H17NOS2/c1-8(2)10(13)11(14-3)15-9-6-4-5-7-12-9/h4-8,10-11,13H,1-3H3/t10-,11-/m0/s1. The fourth-order valence-electron chi connectivity index (χ4n) is 1.11. The average molecular weight is 243 g/mol. The van der Waals surface area contributed by atoms with Gasteiger partial charge >= 0.3 is 0 Å². The summed E-state index contributed by atoms with van der Waals surface area (Å²) in [5.74, 6) is 0.277. The van der Waals surface area contributed by atoms with Crippen LogP contribution in [0, 0.1) is 5.92 Å². The van der Waals surface area contributed by atoms with E-state index in [0.29, 0.717) is 0 Å². The van der Waals surface area contributed by atoms with E-state index in [1.807, 2.05) is 38.3 Å². The summed E-state index contributed by atoms with van der Waals surface area (Å²) in [6.45, 7) is 4.07. The van der Waals surface area contributed by atoms with Crippen molar-refractivity contribution in [2.75, 3.05) is 6.26 Å². The molecule has 0 aliphatic heterocycles. The smallest absolute Gasteiger partial charge is 0.0971 e. The highest BCUT2D eigenvalue weighted by Gasteiger charge is 2.22. The van der Waals surface area contributed by atoms with Gasteiger partial charge in [-0.15, -0.1) is 11.8 Å². The molecule has 0 aliphatic carbocycles. The van der Waals surface area contributed by atoms with Gasteiger partial charge in [-0.2, -0.15) is 0 Å². The first-order valence-corrected chi connectivity index (χ1v) is 7.10. The molecule has 0 aromatic carbocycles. The van der Waals surface area contributed by atoms with Gasteiger partial charge in [-0.25, -0.2) is 4.98 Å². The maximum atomic E-state index is 9.98. The third kappa shape index (κ3) is 4.05. The van der Waals surface area contributed by atoms with Gasteiger partial charge in [-0.1, -0.05) is 31.7 Å². The number of thioether (sulfide) groups is 2. The summed E-state index contributed by atoms with van der Waals surface area (Å²) in [7, 11) is 0. The Morgan fingerprint density at radius 1 is 1.33 bits per heavy atom. The predicted molar refractivity (Wildman–Crippen MR) is 68.2 cm³/mol. The van der Waals surface area contributed by atoms with E-state index < -0.39 is 0 Å². The van der Waals surface area contributed by atoms with Crippen LogP contribution >= 0.6 is 23.5 Å². The molecular weight excluding hydrogens is 226 g/mol. The Bertz CT molecular complexity index is 279. The number of hydrogen-bond donors (Lipinski definition) is 1. The van der Waals surface area contributed by atoms with Crippen molar-refractivity contribution >= 4 is 23.5 Å². The van der Waals surface area contributed by atoms with Crippen LogP contribution in [0.2, 0.25) is 0 Å². The van der Waals surface area contributed by atoms with Gasteiger partial charge in [0, 0.05) is 6.20 Å². The number of aromatic nitrogens is 1. The Morgan fingerprint density at radius 3 is 2.53 bits per heavy atom. The van der Waals surface area contributed by atoms with Crippen LogP contribution in [-0.4, -0.2) is 27.0 Å². The zero-order valence-electron chi connectivity index (χ0n) is 9.25. The minimum atomic E-state index is -0.299. The van der Waals surface area contributed by atoms with E-state index in [-0.39, 0.29) is 16.6 Å². The van der Waals surface area contributed by atoms with Crippen LogP contribution in [0.4, 0.5) is 0 Å². The Hall–Kier alpha value is -0.190. The SMILES string of the molecule is CS[C@@H](Sc1ccccn1)[C@@H](O)C(C)C. The summed E-state index contributed by atoms with van der Waals surface area (Å²) in [5, 5.41) is 10.9. The summed E-state index contributed by atoms with van der Waals surface area (Å²) < 4.78 is 0.153. The fraction of sp³-hybridized carbons (Fsp3) is 0.545. The molecule has 2 nitrogen and oxygen atoms in total. The highest BCUT2D eigenvalue weighted by atomic mass is 32.2. The zero-order chi connectivity index (χ0) is 11.3. The van der Waals surface area contributed by atoms with Crippen LogP contribution < -0.4 is 0 Å². The molecule has 0 amide bonds. The molecule has 2 atom stereocenters. The molecule has 0 fully saturated rings. The van der Waals surface area contributed by atoms with E-state index in [1.165, 1.54) is 0 Å². The molecule has 0 saturated carbocycles. The van der Waals surface area contributed by atoms with Crippen LogP contribution in [0.5, 0.6) is 0 Å². The van der Waals surface area contributed by atoms with Gasteiger partial charge in [-0.05, 0) is 24.3 Å². The van der Waals surface area contributed by atoms with Crippen LogP contribution in [0.3, 0.4) is 0 Å². The van der Waals surface area contributed by atoms with Gasteiger partial charge in [0.05, 0.1) is 15.7 Å². The molecule has 0 unspecified atom stereocenters. The summed E-state index contributed by atoms with van der Waals surface area (Å²) in [6, 6.07) is 5.84. The van der Waals surface area contributed by atoms with E-state index in [0.717, 1.165) is 5.03 Å². The molecule has 1 heterocycles. The van der Waals surface area contributed by atoms with E-state index in [4.69, 9.17) is 0 Å². The minimum absolute atomic E-state index is 0.153. The molecule has 1 N–H and O–H groups in total. The van der Waals surface area contributed by atoms with Crippen LogP contribution in [0.1, 0.15) is 13.8 Å². The first kappa shape index (κ1) is 12.9. The van der Waals surface area contributed by atoms with Gasteiger partial charge in [0.2, 0.25) is 0 Å². The molecule has 1 aromatic heterocycles. The highest BCUT2D eigenvalue weighted by molar-refractivity contribution is 8.16. The third-order valence-corrected chi connectivity index (χ3v) is 4.67. The van der Waals surface area contributed by atoms with E-state index in [1.54, 1.807) is 29.7 Å². The summed E-state index contributed by atoms with van der Waals surface area (Å²) in [4.78, 5) is 4.25. The second-order valence-electron chi connectivity index (χ2n) is 3.62. The Balaban J connectivity index is 2.62. The lowest BCUT2D eigenvalue weighted by Gasteiger charge is -2.23. The van der Waals surface area contributed by atoms with Crippen molar-refractivity contribution < 1.29 is 5.11 Å². The second-order valence-corrected chi connectivity index (χ2v) is 6.06. The van der Waals surface area contributed by atoms with Gasteiger partial charge in [-0.3, -0.25) is 0 Å². The number of hydrogen-bond acceptors (Lipinski definition) is 4. The first-order chi connectivity index (χ1) is 7.15. The molecule has 1 rings (SSSR count). The van der Waals surface area contributed by atoms with Gasteiger partial charge in [0.15, 0.2) is 0 Å². The van der Waals surface area contributed by atoms with Crippen LogP contribution in [-0.2, 0) is 0 Å². The number of rotatable bonds is 5. The number of pyridine rings is 1. The lowest BCUT2D eigenvalue weighted by molar-refractivity contribution is 0.142. The Labute approximate surface area is 99.9 Å². The topological polar surface area (TPSA) is 33.1 Å². The average Bonchev–Trinajstić information content (AvgIpc) is 2.26. The number of aliphatic hydroxyl groups excluding tert-OH is 1. The molecular formula is C11H17NOS2. The Morgan fingerprint density at radius 2 is 2.07 bits per heavy atom. The zero-order valence-corrected chi connectivity index (χ0v) is 10.9. The number of nitrogens with zero attached hydrogens (tertiary/aromatic N) is 1. The molecule has 1 aromatic rings. The van der Waals surface area contributed by atoms with Gasteiger partial charge in [0.25, 0.3) is 0 Å². The fourth-order valence-corrected chi connectivity index (χ4v) is 3.35. The molecule has 15 heavy (non-hydrogen) atoms. The van der Waals surface area contributed by atoms with Crippen molar-refractivity contribution in [2.24, 2.45) is 5.92 Å². The Kier molecular flexibility index (Phi) is 5.50. The molecule has 0 saturated heterocycles. The van der Waals surface area contributed by atoms with E-state index in [2.05, 4.69) is 4.98 Å². The molecule has 0 aliphatic rings. The van der Waals surface area contributed by atoms with Crippen molar-refractivity contribution in [3.05, 3.63) is 24.4 Å². The molecule has 0 radical (unpaired) electrons. The molecule has 0 bridgehead atoms.